The van der Waals surface area contributed by atoms with Gasteiger partial charge in [0.25, 0.3) is 0 Å². The van der Waals surface area contributed by atoms with Crippen LogP contribution in [0.5, 0.6) is 5.75 Å². The first-order valence-corrected chi connectivity index (χ1v) is 14.9. The fourth-order valence-corrected chi connectivity index (χ4v) is 7.11. The van der Waals surface area contributed by atoms with Crippen LogP contribution in [-0.4, -0.2) is 24.8 Å². The Hall–Kier alpha value is -2.46. The molecule has 212 valence electrons. The molecule has 3 atom stereocenters. The molecule has 0 N–H and O–H groups in total. The van der Waals surface area contributed by atoms with Gasteiger partial charge >= 0.3 is 0 Å². The van der Waals surface area contributed by atoms with Gasteiger partial charge in [-0.15, -0.1) is 0 Å². The molecule has 0 spiro atoms. The van der Waals surface area contributed by atoms with E-state index in [2.05, 4.69) is 58.9 Å². The van der Waals surface area contributed by atoms with Crippen LogP contribution in [0.15, 0.2) is 42.5 Å². The summed E-state index contributed by atoms with van der Waals surface area (Å²) in [6, 6.07) is 14.6. The zero-order valence-corrected chi connectivity index (χ0v) is 25.1. The number of Topliss-reactive ketones (excluding diaryl/α,β-unsaturated/α-hetero) is 2. The molecule has 2 fully saturated rings. The van der Waals surface area contributed by atoms with E-state index in [1.165, 1.54) is 24.0 Å². The van der Waals surface area contributed by atoms with E-state index in [0.29, 0.717) is 32.0 Å². The van der Waals surface area contributed by atoms with Crippen molar-refractivity contribution >= 4 is 11.6 Å². The molecule has 2 aliphatic carbocycles. The topological polar surface area (TPSA) is 52.6 Å². The largest absolute Gasteiger partial charge is 0.493 e. The smallest absolute Gasteiger partial charge is 0.137 e. The third-order valence-electron chi connectivity index (χ3n) is 9.25. The molecular formula is C35H48O4. The van der Waals surface area contributed by atoms with Gasteiger partial charge in [-0.2, -0.15) is 0 Å². The molecule has 2 unspecified atom stereocenters. The molecule has 0 aromatic heterocycles. The second-order valence-electron chi connectivity index (χ2n) is 13.0. The molecule has 2 aromatic rings. The van der Waals surface area contributed by atoms with E-state index >= 15 is 0 Å². The second-order valence-corrected chi connectivity index (χ2v) is 13.0. The molecule has 2 saturated carbocycles. The van der Waals surface area contributed by atoms with Crippen molar-refractivity contribution in [1.29, 1.82) is 0 Å². The molecule has 2 aliphatic rings. The standard InChI is InChI=1S/C35H48O4/c1-8-38-33-24(3)29(16-17-31(33)28-14-15-28)23(2)30(18-19-39-25(4)27-12-10-9-11-13-27)32(37)20-35(26(5)36)21-34(6,7)22-35/h9-13,16-17,23,25,28,30H,8,14-15,18-22H2,1-7H3/t23-,25?,30?/m1/s1. The highest BCUT2D eigenvalue weighted by Gasteiger charge is 2.53. The fraction of sp³-hybridized carbons (Fsp3) is 0.600. The summed E-state index contributed by atoms with van der Waals surface area (Å²) in [5.41, 5.74) is 4.36. The molecule has 0 amide bonds. The van der Waals surface area contributed by atoms with Gasteiger partial charge < -0.3 is 9.47 Å². The fourth-order valence-electron chi connectivity index (χ4n) is 7.11. The summed E-state index contributed by atoms with van der Waals surface area (Å²) in [4.78, 5) is 26.9. The van der Waals surface area contributed by atoms with Crippen LogP contribution in [0.4, 0.5) is 0 Å². The summed E-state index contributed by atoms with van der Waals surface area (Å²) >= 11 is 0. The maximum atomic E-state index is 14.1. The van der Waals surface area contributed by atoms with Crippen molar-refractivity contribution in [3.8, 4) is 5.75 Å². The molecule has 4 heteroatoms. The molecule has 0 heterocycles. The summed E-state index contributed by atoms with van der Waals surface area (Å²) in [5, 5.41) is 0. The van der Waals surface area contributed by atoms with Crippen molar-refractivity contribution in [2.24, 2.45) is 16.7 Å². The van der Waals surface area contributed by atoms with E-state index in [1.54, 1.807) is 6.92 Å². The first-order chi connectivity index (χ1) is 18.5. The molecule has 0 saturated heterocycles. The first kappa shape index (κ1) is 29.5. The van der Waals surface area contributed by atoms with Crippen molar-refractivity contribution in [3.63, 3.8) is 0 Å². The Morgan fingerprint density at radius 1 is 1.03 bits per heavy atom. The zero-order valence-electron chi connectivity index (χ0n) is 25.1. The van der Waals surface area contributed by atoms with Gasteiger partial charge in [0, 0.05) is 24.4 Å². The molecule has 4 rings (SSSR count). The van der Waals surface area contributed by atoms with Crippen molar-refractivity contribution < 1.29 is 19.1 Å². The van der Waals surface area contributed by atoms with Gasteiger partial charge in [-0.05, 0) is 99.3 Å². The molecule has 0 radical (unpaired) electrons. The van der Waals surface area contributed by atoms with Crippen LogP contribution in [0.1, 0.15) is 120 Å². The highest BCUT2D eigenvalue weighted by Crippen LogP contribution is 2.57. The molecular weight excluding hydrogens is 484 g/mol. The predicted octanol–water partition coefficient (Wildman–Crippen LogP) is 8.51. The minimum absolute atomic E-state index is 0.00214. The Bertz CT molecular complexity index is 1150. The lowest BCUT2D eigenvalue weighted by Crippen LogP contribution is -2.49. The minimum Gasteiger partial charge on any atom is -0.493 e. The van der Waals surface area contributed by atoms with E-state index in [1.807, 2.05) is 25.1 Å². The summed E-state index contributed by atoms with van der Waals surface area (Å²) in [7, 11) is 0. The number of carbonyl (C=O) groups is 2. The van der Waals surface area contributed by atoms with Crippen LogP contribution in [-0.2, 0) is 14.3 Å². The van der Waals surface area contributed by atoms with Crippen molar-refractivity contribution in [1.82, 2.24) is 0 Å². The Kier molecular flexibility index (Phi) is 9.05. The average Bonchev–Trinajstić information content (AvgIpc) is 3.72. The Morgan fingerprint density at radius 3 is 2.26 bits per heavy atom. The van der Waals surface area contributed by atoms with Crippen LogP contribution in [0, 0.1) is 23.7 Å². The van der Waals surface area contributed by atoms with E-state index in [9.17, 15) is 9.59 Å². The summed E-state index contributed by atoms with van der Waals surface area (Å²) in [5.74, 6) is 1.71. The van der Waals surface area contributed by atoms with Gasteiger partial charge in [0.15, 0.2) is 0 Å². The number of hydrogen-bond donors (Lipinski definition) is 0. The highest BCUT2D eigenvalue weighted by atomic mass is 16.5. The normalized spacial score (nSPS) is 20.0. The average molecular weight is 533 g/mol. The summed E-state index contributed by atoms with van der Waals surface area (Å²) in [6.07, 6.45) is 4.92. The molecule has 0 bridgehead atoms. The highest BCUT2D eigenvalue weighted by molar-refractivity contribution is 5.92. The number of carbonyl (C=O) groups excluding carboxylic acids is 2. The molecule has 0 aliphatic heterocycles. The lowest BCUT2D eigenvalue weighted by Gasteiger charge is -2.52. The van der Waals surface area contributed by atoms with Gasteiger partial charge in [0.1, 0.15) is 17.3 Å². The van der Waals surface area contributed by atoms with Crippen LogP contribution in [0.2, 0.25) is 0 Å². The third kappa shape index (κ3) is 6.65. The molecule has 4 nitrogen and oxygen atoms in total. The molecule has 2 aromatic carbocycles. The van der Waals surface area contributed by atoms with E-state index in [4.69, 9.17) is 9.47 Å². The second kappa shape index (κ2) is 12.0. The predicted molar refractivity (Wildman–Crippen MR) is 157 cm³/mol. The van der Waals surface area contributed by atoms with Gasteiger partial charge in [-0.3, -0.25) is 9.59 Å². The maximum absolute atomic E-state index is 14.1. The Balaban J connectivity index is 1.58. The lowest BCUT2D eigenvalue weighted by molar-refractivity contribution is -0.147. The van der Waals surface area contributed by atoms with Crippen molar-refractivity contribution in [2.45, 2.75) is 105 Å². The van der Waals surface area contributed by atoms with E-state index in [0.717, 1.165) is 29.7 Å². The number of hydrogen-bond acceptors (Lipinski definition) is 4. The number of benzene rings is 2. The lowest BCUT2D eigenvalue weighted by atomic mass is 9.51. The van der Waals surface area contributed by atoms with E-state index in [-0.39, 0.29) is 34.9 Å². The third-order valence-corrected chi connectivity index (χ3v) is 9.25. The van der Waals surface area contributed by atoms with E-state index < -0.39 is 5.41 Å². The molecule has 39 heavy (non-hydrogen) atoms. The summed E-state index contributed by atoms with van der Waals surface area (Å²) < 4.78 is 12.4. The van der Waals surface area contributed by atoms with Gasteiger partial charge in [-0.1, -0.05) is 63.2 Å². The number of rotatable bonds is 14. The van der Waals surface area contributed by atoms with Crippen LogP contribution in [0.3, 0.4) is 0 Å². The van der Waals surface area contributed by atoms with Crippen molar-refractivity contribution in [2.75, 3.05) is 13.2 Å². The number of ether oxygens (including phenoxy) is 2. The summed E-state index contributed by atoms with van der Waals surface area (Å²) in [6.45, 7) is 15.6. The Labute approximate surface area is 235 Å². The zero-order chi connectivity index (χ0) is 28.4. The monoisotopic (exact) mass is 532 g/mol. The minimum atomic E-state index is -0.516. The van der Waals surface area contributed by atoms with Gasteiger partial charge in [0.05, 0.1) is 12.7 Å². The maximum Gasteiger partial charge on any atom is 0.137 e. The van der Waals surface area contributed by atoms with Gasteiger partial charge in [-0.25, -0.2) is 0 Å². The van der Waals surface area contributed by atoms with Crippen LogP contribution < -0.4 is 4.74 Å². The quantitative estimate of drug-likeness (QED) is 0.245. The SMILES string of the molecule is CCOc1c(C2CC2)ccc([C@@H](C)C(CCOC(C)c2ccccc2)C(=O)CC2(C(C)=O)CC(C)(C)C2)c1C. The Morgan fingerprint density at radius 2 is 1.69 bits per heavy atom. The first-order valence-electron chi connectivity index (χ1n) is 14.9. The van der Waals surface area contributed by atoms with Gasteiger partial charge in [0.2, 0.25) is 0 Å². The van der Waals surface area contributed by atoms with Crippen molar-refractivity contribution in [3.05, 3.63) is 64.7 Å². The number of ketones is 2. The van der Waals surface area contributed by atoms with Crippen LogP contribution in [0.25, 0.3) is 0 Å². The van der Waals surface area contributed by atoms with Crippen LogP contribution >= 0.6 is 0 Å².